The Morgan fingerprint density at radius 3 is 3.18 bits per heavy atom. The van der Waals surface area contributed by atoms with Gasteiger partial charge in [-0.2, -0.15) is 0 Å². The molecule has 98 valence electrons. The Morgan fingerprint density at radius 1 is 1.41 bits per heavy atom. The summed E-state index contributed by atoms with van der Waals surface area (Å²) < 4.78 is 5.64. The number of nitrogens with one attached hydrogen (secondary N) is 1. The summed E-state index contributed by atoms with van der Waals surface area (Å²) in [5, 5.41) is 3.52. The molecule has 0 bridgehead atoms. The molecule has 3 heterocycles. The van der Waals surface area contributed by atoms with Crippen LogP contribution in [-0.2, 0) is 4.74 Å². The second-order valence-electron chi connectivity index (χ2n) is 6.54. The highest BCUT2D eigenvalue weighted by atomic mass is 16.5. The number of fused-ring (bicyclic) bond motifs is 1. The standard InChI is InChI=1S/C14H26N2O/c1-14(5-6-15-10-14)11-16-7-2-3-12-9-17-8-4-13(12)16/h12-13,15H,2-11H2,1H3. The van der Waals surface area contributed by atoms with Gasteiger partial charge in [0.2, 0.25) is 0 Å². The van der Waals surface area contributed by atoms with Crippen LogP contribution in [0, 0.1) is 11.3 Å². The van der Waals surface area contributed by atoms with E-state index in [1.54, 1.807) is 0 Å². The largest absolute Gasteiger partial charge is 0.381 e. The Morgan fingerprint density at radius 2 is 2.35 bits per heavy atom. The summed E-state index contributed by atoms with van der Waals surface area (Å²) in [6.45, 7) is 9.47. The molecule has 3 fully saturated rings. The van der Waals surface area contributed by atoms with Gasteiger partial charge in [0, 0.05) is 25.7 Å². The van der Waals surface area contributed by atoms with E-state index in [2.05, 4.69) is 17.1 Å². The molecule has 0 aliphatic carbocycles. The molecule has 0 saturated carbocycles. The zero-order valence-corrected chi connectivity index (χ0v) is 11.1. The average Bonchev–Trinajstić information content (AvgIpc) is 2.76. The Hall–Kier alpha value is -0.120. The average molecular weight is 238 g/mol. The molecule has 0 amide bonds. The first-order chi connectivity index (χ1) is 8.27. The fourth-order valence-corrected chi connectivity index (χ4v) is 3.95. The lowest BCUT2D eigenvalue weighted by Crippen LogP contribution is -2.52. The molecule has 3 aliphatic rings. The number of likely N-dealkylation sites (tertiary alicyclic amines) is 1. The van der Waals surface area contributed by atoms with Crippen molar-refractivity contribution in [2.45, 2.75) is 38.6 Å². The fraction of sp³-hybridized carbons (Fsp3) is 1.00. The highest BCUT2D eigenvalue weighted by Crippen LogP contribution is 2.33. The molecule has 17 heavy (non-hydrogen) atoms. The van der Waals surface area contributed by atoms with Gasteiger partial charge in [-0.1, -0.05) is 6.92 Å². The second-order valence-corrected chi connectivity index (χ2v) is 6.54. The first-order valence-electron chi connectivity index (χ1n) is 7.29. The molecule has 3 heteroatoms. The van der Waals surface area contributed by atoms with E-state index in [1.165, 1.54) is 51.9 Å². The van der Waals surface area contributed by atoms with Gasteiger partial charge in [-0.3, -0.25) is 4.90 Å². The van der Waals surface area contributed by atoms with Gasteiger partial charge in [-0.05, 0) is 50.1 Å². The summed E-state index contributed by atoms with van der Waals surface area (Å²) in [6.07, 6.45) is 5.36. The van der Waals surface area contributed by atoms with E-state index in [1.807, 2.05) is 0 Å². The molecule has 3 rings (SSSR count). The molecule has 0 aromatic rings. The number of ether oxygens (including phenoxy) is 1. The van der Waals surface area contributed by atoms with Crippen molar-refractivity contribution in [1.29, 1.82) is 0 Å². The number of hydrogen-bond donors (Lipinski definition) is 1. The predicted molar refractivity (Wildman–Crippen MR) is 69.1 cm³/mol. The summed E-state index contributed by atoms with van der Waals surface area (Å²) in [5.41, 5.74) is 0.514. The van der Waals surface area contributed by atoms with Crippen molar-refractivity contribution in [1.82, 2.24) is 10.2 Å². The Labute approximate surface area is 105 Å². The van der Waals surface area contributed by atoms with Crippen LogP contribution in [0.3, 0.4) is 0 Å². The van der Waals surface area contributed by atoms with Crippen LogP contribution in [0.1, 0.15) is 32.6 Å². The van der Waals surface area contributed by atoms with E-state index >= 15 is 0 Å². The minimum Gasteiger partial charge on any atom is -0.381 e. The normalized spacial score (nSPS) is 43.6. The van der Waals surface area contributed by atoms with Crippen LogP contribution in [0.15, 0.2) is 0 Å². The lowest BCUT2D eigenvalue weighted by Gasteiger charge is -2.46. The van der Waals surface area contributed by atoms with Crippen LogP contribution in [0.2, 0.25) is 0 Å². The first kappa shape index (κ1) is 11.9. The molecule has 1 N–H and O–H groups in total. The van der Waals surface area contributed by atoms with E-state index in [9.17, 15) is 0 Å². The third kappa shape index (κ3) is 2.51. The van der Waals surface area contributed by atoms with Crippen molar-refractivity contribution in [2.75, 3.05) is 39.4 Å². The van der Waals surface area contributed by atoms with Crippen molar-refractivity contribution in [2.24, 2.45) is 11.3 Å². The van der Waals surface area contributed by atoms with E-state index in [-0.39, 0.29) is 0 Å². The van der Waals surface area contributed by atoms with Gasteiger partial charge in [0.1, 0.15) is 0 Å². The number of rotatable bonds is 2. The smallest absolute Gasteiger partial charge is 0.0509 e. The van der Waals surface area contributed by atoms with Crippen LogP contribution in [0.25, 0.3) is 0 Å². The monoisotopic (exact) mass is 238 g/mol. The van der Waals surface area contributed by atoms with Gasteiger partial charge in [0.25, 0.3) is 0 Å². The highest BCUT2D eigenvalue weighted by Gasteiger charge is 2.38. The van der Waals surface area contributed by atoms with Gasteiger partial charge in [0.05, 0.1) is 6.61 Å². The first-order valence-corrected chi connectivity index (χ1v) is 7.29. The van der Waals surface area contributed by atoms with Crippen LogP contribution >= 0.6 is 0 Å². The van der Waals surface area contributed by atoms with Gasteiger partial charge in [-0.15, -0.1) is 0 Å². The van der Waals surface area contributed by atoms with E-state index in [0.717, 1.165) is 25.2 Å². The molecule has 3 saturated heterocycles. The summed E-state index contributed by atoms with van der Waals surface area (Å²) in [7, 11) is 0. The van der Waals surface area contributed by atoms with Crippen molar-refractivity contribution < 1.29 is 4.74 Å². The Kier molecular flexibility index (Phi) is 3.42. The molecular weight excluding hydrogens is 212 g/mol. The molecule has 3 unspecified atom stereocenters. The third-order valence-electron chi connectivity index (χ3n) is 4.97. The van der Waals surface area contributed by atoms with Gasteiger partial charge >= 0.3 is 0 Å². The molecule has 3 aliphatic heterocycles. The van der Waals surface area contributed by atoms with Crippen LogP contribution in [0.5, 0.6) is 0 Å². The summed E-state index contributed by atoms with van der Waals surface area (Å²) in [6, 6.07) is 0.815. The van der Waals surface area contributed by atoms with Gasteiger partial charge in [-0.25, -0.2) is 0 Å². The van der Waals surface area contributed by atoms with Gasteiger partial charge in [0.15, 0.2) is 0 Å². The third-order valence-corrected chi connectivity index (χ3v) is 4.97. The maximum atomic E-state index is 5.64. The molecule has 3 atom stereocenters. The Balaban J connectivity index is 1.64. The molecule has 0 spiro atoms. The van der Waals surface area contributed by atoms with Crippen LogP contribution in [-0.4, -0.2) is 50.3 Å². The zero-order valence-electron chi connectivity index (χ0n) is 11.1. The van der Waals surface area contributed by atoms with Crippen LogP contribution in [0.4, 0.5) is 0 Å². The molecular formula is C14H26N2O. The fourth-order valence-electron chi connectivity index (χ4n) is 3.95. The maximum absolute atomic E-state index is 5.64. The minimum absolute atomic E-state index is 0.514. The number of nitrogens with zero attached hydrogens (tertiary/aromatic N) is 1. The molecule has 0 aromatic carbocycles. The maximum Gasteiger partial charge on any atom is 0.0509 e. The summed E-state index contributed by atoms with van der Waals surface area (Å²) in [5.74, 6) is 0.815. The van der Waals surface area contributed by atoms with Crippen molar-refractivity contribution in [3.63, 3.8) is 0 Å². The summed E-state index contributed by atoms with van der Waals surface area (Å²) in [4.78, 5) is 2.78. The van der Waals surface area contributed by atoms with Crippen molar-refractivity contribution in [3.8, 4) is 0 Å². The quantitative estimate of drug-likeness (QED) is 0.789. The van der Waals surface area contributed by atoms with Crippen molar-refractivity contribution >= 4 is 0 Å². The lowest BCUT2D eigenvalue weighted by atomic mass is 9.82. The number of hydrogen-bond acceptors (Lipinski definition) is 3. The summed E-state index contributed by atoms with van der Waals surface area (Å²) >= 11 is 0. The number of piperidine rings is 1. The van der Waals surface area contributed by atoms with Gasteiger partial charge < -0.3 is 10.1 Å². The van der Waals surface area contributed by atoms with E-state index in [4.69, 9.17) is 4.74 Å². The highest BCUT2D eigenvalue weighted by molar-refractivity contribution is 4.92. The molecule has 0 radical (unpaired) electrons. The lowest BCUT2D eigenvalue weighted by molar-refractivity contribution is -0.0457. The SMILES string of the molecule is CC1(CN2CCCC3COCCC32)CCNC1. The topological polar surface area (TPSA) is 24.5 Å². The van der Waals surface area contributed by atoms with Crippen molar-refractivity contribution in [3.05, 3.63) is 0 Å². The zero-order chi connectivity index (χ0) is 11.7. The van der Waals surface area contributed by atoms with Crippen LogP contribution < -0.4 is 5.32 Å². The molecule has 3 nitrogen and oxygen atoms in total. The molecule has 0 aromatic heterocycles. The van der Waals surface area contributed by atoms with E-state index in [0.29, 0.717) is 5.41 Å². The van der Waals surface area contributed by atoms with E-state index < -0.39 is 0 Å². The minimum atomic E-state index is 0.514. The predicted octanol–water partition coefficient (Wildman–Crippen LogP) is 1.49. The Bertz CT molecular complexity index is 261. The second kappa shape index (κ2) is 4.87.